The molecule has 1 heterocycles. The molecule has 1 fully saturated rings. The van der Waals surface area contributed by atoms with Crippen molar-refractivity contribution in [1.82, 2.24) is 10.2 Å². The van der Waals surface area contributed by atoms with Crippen molar-refractivity contribution in [3.05, 3.63) is 33.4 Å². The molecule has 136 valence electrons. The second-order valence-corrected chi connectivity index (χ2v) is 7.24. The maximum absolute atomic E-state index is 12.6. The third kappa shape index (κ3) is 5.15. The summed E-state index contributed by atoms with van der Waals surface area (Å²) >= 11 is 2.18. The summed E-state index contributed by atoms with van der Waals surface area (Å²) in [5.41, 5.74) is 0.881. The number of likely N-dealkylation sites (tertiary alicyclic amines) is 1. The standard InChI is InChI=1S/C17H21IN2O5/c1-10(21)20-9-13(22)8-15(20)16(23)19-14(17(24)25-2)7-11-3-5-12(18)6-4-11/h3-6,13-15,22H,7-9H2,1-2H3,(H,19,23)/t13-,14+,15+/m1/s1. The molecule has 7 nitrogen and oxygen atoms in total. The average molecular weight is 460 g/mol. The highest BCUT2D eigenvalue weighted by Crippen LogP contribution is 2.19. The lowest BCUT2D eigenvalue weighted by Crippen LogP contribution is -2.51. The van der Waals surface area contributed by atoms with Crippen molar-refractivity contribution in [2.75, 3.05) is 13.7 Å². The average Bonchev–Trinajstić information content (AvgIpc) is 2.97. The maximum atomic E-state index is 12.6. The first-order valence-corrected chi connectivity index (χ1v) is 8.97. The lowest BCUT2D eigenvalue weighted by atomic mass is 10.1. The van der Waals surface area contributed by atoms with Gasteiger partial charge in [-0.15, -0.1) is 0 Å². The van der Waals surface area contributed by atoms with Crippen molar-refractivity contribution in [3.63, 3.8) is 0 Å². The number of esters is 1. The smallest absolute Gasteiger partial charge is 0.328 e. The number of β-amino-alcohol motifs (C(OH)–C–C–N with tert-alkyl or cyclic N) is 1. The van der Waals surface area contributed by atoms with Gasteiger partial charge >= 0.3 is 5.97 Å². The Labute approximate surface area is 159 Å². The molecule has 1 saturated heterocycles. The van der Waals surface area contributed by atoms with Crippen molar-refractivity contribution in [2.24, 2.45) is 0 Å². The Morgan fingerprint density at radius 2 is 2.00 bits per heavy atom. The molecule has 1 aromatic rings. The van der Waals surface area contributed by atoms with Crippen LogP contribution in [0.15, 0.2) is 24.3 Å². The first kappa shape index (κ1) is 19.6. The van der Waals surface area contributed by atoms with Gasteiger partial charge in [0.2, 0.25) is 11.8 Å². The van der Waals surface area contributed by atoms with Crippen LogP contribution in [-0.4, -0.2) is 59.6 Å². The van der Waals surface area contributed by atoms with Crippen LogP contribution < -0.4 is 5.32 Å². The van der Waals surface area contributed by atoms with E-state index in [-0.39, 0.29) is 25.3 Å². The summed E-state index contributed by atoms with van der Waals surface area (Å²) in [5.74, 6) is -1.31. The molecule has 2 amide bonds. The molecule has 0 aliphatic carbocycles. The maximum Gasteiger partial charge on any atom is 0.328 e. The van der Waals surface area contributed by atoms with Crippen LogP contribution in [0.2, 0.25) is 0 Å². The number of hydrogen-bond donors (Lipinski definition) is 2. The predicted octanol–water partition coefficient (Wildman–Crippen LogP) is 0.473. The van der Waals surface area contributed by atoms with E-state index in [1.54, 1.807) is 0 Å². The number of halogens is 1. The molecular weight excluding hydrogens is 439 g/mol. The van der Waals surface area contributed by atoms with Crippen LogP contribution in [0.5, 0.6) is 0 Å². The number of nitrogens with one attached hydrogen (secondary N) is 1. The first-order valence-electron chi connectivity index (χ1n) is 7.89. The Hall–Kier alpha value is -1.68. The Kier molecular flexibility index (Phi) is 6.77. The number of ether oxygens (including phenoxy) is 1. The van der Waals surface area contributed by atoms with Gasteiger partial charge in [-0.05, 0) is 40.3 Å². The van der Waals surface area contributed by atoms with E-state index in [0.717, 1.165) is 9.13 Å². The van der Waals surface area contributed by atoms with Crippen molar-refractivity contribution >= 4 is 40.4 Å². The van der Waals surface area contributed by atoms with E-state index in [4.69, 9.17) is 4.74 Å². The molecule has 2 rings (SSSR count). The van der Waals surface area contributed by atoms with Crippen molar-refractivity contribution in [3.8, 4) is 0 Å². The minimum Gasteiger partial charge on any atom is -0.467 e. The Balaban J connectivity index is 2.10. The largest absolute Gasteiger partial charge is 0.467 e. The van der Waals surface area contributed by atoms with E-state index < -0.39 is 30.1 Å². The predicted molar refractivity (Wildman–Crippen MR) is 98.6 cm³/mol. The second kappa shape index (κ2) is 8.61. The fraction of sp³-hybridized carbons (Fsp3) is 0.471. The number of amides is 2. The van der Waals surface area contributed by atoms with E-state index in [2.05, 4.69) is 27.9 Å². The summed E-state index contributed by atoms with van der Waals surface area (Å²) in [7, 11) is 1.26. The fourth-order valence-corrected chi connectivity index (χ4v) is 3.23. The van der Waals surface area contributed by atoms with Crippen LogP contribution in [0.3, 0.4) is 0 Å². The monoisotopic (exact) mass is 460 g/mol. The number of rotatable bonds is 5. The van der Waals surface area contributed by atoms with E-state index in [1.807, 2.05) is 24.3 Å². The second-order valence-electron chi connectivity index (χ2n) is 5.99. The third-order valence-corrected chi connectivity index (χ3v) is 4.86. The number of carbonyl (C=O) groups excluding carboxylic acids is 3. The van der Waals surface area contributed by atoms with Crippen molar-refractivity contribution < 1.29 is 24.2 Å². The van der Waals surface area contributed by atoms with E-state index in [1.165, 1.54) is 18.9 Å². The zero-order valence-electron chi connectivity index (χ0n) is 14.1. The molecule has 0 unspecified atom stereocenters. The van der Waals surface area contributed by atoms with Gasteiger partial charge < -0.3 is 20.1 Å². The van der Waals surface area contributed by atoms with Crippen LogP contribution in [0, 0.1) is 3.57 Å². The van der Waals surface area contributed by atoms with Gasteiger partial charge in [-0.3, -0.25) is 9.59 Å². The Morgan fingerprint density at radius 1 is 1.36 bits per heavy atom. The van der Waals surface area contributed by atoms with Gasteiger partial charge in [-0.25, -0.2) is 4.79 Å². The zero-order chi connectivity index (χ0) is 18.6. The molecule has 1 aliphatic heterocycles. The molecular formula is C17H21IN2O5. The lowest BCUT2D eigenvalue weighted by molar-refractivity contribution is -0.146. The van der Waals surface area contributed by atoms with Crippen LogP contribution in [0.4, 0.5) is 0 Å². The Bertz CT molecular complexity index is 649. The number of aliphatic hydroxyl groups is 1. The molecule has 0 radical (unpaired) electrons. The summed E-state index contributed by atoms with van der Waals surface area (Å²) in [6, 6.07) is 5.95. The molecule has 0 aromatic heterocycles. The van der Waals surface area contributed by atoms with Crippen molar-refractivity contribution in [2.45, 2.75) is 38.0 Å². The molecule has 8 heteroatoms. The fourth-order valence-electron chi connectivity index (χ4n) is 2.87. The van der Waals surface area contributed by atoms with Crippen LogP contribution in [0.1, 0.15) is 18.9 Å². The van der Waals surface area contributed by atoms with Gasteiger partial charge in [0, 0.05) is 29.9 Å². The summed E-state index contributed by atoms with van der Waals surface area (Å²) in [6.45, 7) is 1.47. The van der Waals surface area contributed by atoms with Crippen LogP contribution in [-0.2, 0) is 25.5 Å². The van der Waals surface area contributed by atoms with Crippen LogP contribution in [0.25, 0.3) is 0 Å². The van der Waals surface area contributed by atoms with Gasteiger partial charge in [-0.2, -0.15) is 0 Å². The van der Waals surface area contributed by atoms with Gasteiger partial charge in [0.25, 0.3) is 0 Å². The molecule has 1 aliphatic rings. The molecule has 0 bridgehead atoms. The minimum atomic E-state index is -0.857. The van der Waals surface area contributed by atoms with Gasteiger partial charge in [0.15, 0.2) is 0 Å². The van der Waals surface area contributed by atoms with E-state index >= 15 is 0 Å². The zero-order valence-corrected chi connectivity index (χ0v) is 16.2. The molecule has 0 saturated carbocycles. The molecule has 3 atom stereocenters. The highest BCUT2D eigenvalue weighted by Gasteiger charge is 2.38. The minimum absolute atomic E-state index is 0.118. The first-order chi connectivity index (χ1) is 11.8. The topological polar surface area (TPSA) is 95.9 Å². The number of nitrogens with zero attached hydrogens (tertiary/aromatic N) is 1. The van der Waals surface area contributed by atoms with E-state index in [0.29, 0.717) is 0 Å². The third-order valence-electron chi connectivity index (χ3n) is 4.14. The molecule has 2 N–H and O–H groups in total. The van der Waals surface area contributed by atoms with Crippen molar-refractivity contribution in [1.29, 1.82) is 0 Å². The number of benzene rings is 1. The summed E-state index contributed by atoms with van der Waals surface area (Å²) in [5, 5.41) is 12.4. The molecule has 0 spiro atoms. The molecule has 25 heavy (non-hydrogen) atoms. The SMILES string of the molecule is COC(=O)[C@H](Cc1ccc(I)cc1)NC(=O)[C@@H]1C[C@@H](O)CN1C(C)=O. The Morgan fingerprint density at radius 3 is 2.56 bits per heavy atom. The number of aliphatic hydroxyl groups excluding tert-OH is 1. The highest BCUT2D eigenvalue weighted by molar-refractivity contribution is 14.1. The molecule has 1 aromatic carbocycles. The van der Waals surface area contributed by atoms with Crippen LogP contribution >= 0.6 is 22.6 Å². The number of methoxy groups -OCH3 is 1. The quantitative estimate of drug-likeness (QED) is 0.492. The number of hydrogen-bond acceptors (Lipinski definition) is 5. The summed E-state index contributed by atoms with van der Waals surface area (Å²) in [6.07, 6.45) is -0.305. The lowest BCUT2D eigenvalue weighted by Gasteiger charge is -2.24. The van der Waals surface area contributed by atoms with Gasteiger partial charge in [0.05, 0.1) is 13.2 Å². The van der Waals surface area contributed by atoms with E-state index in [9.17, 15) is 19.5 Å². The van der Waals surface area contributed by atoms with Gasteiger partial charge in [-0.1, -0.05) is 12.1 Å². The van der Waals surface area contributed by atoms with Gasteiger partial charge in [0.1, 0.15) is 12.1 Å². The summed E-state index contributed by atoms with van der Waals surface area (Å²) < 4.78 is 5.85. The normalized spacial score (nSPS) is 20.9. The highest BCUT2D eigenvalue weighted by atomic mass is 127. The number of carbonyl (C=O) groups is 3. The summed E-state index contributed by atoms with van der Waals surface area (Å²) in [4.78, 5) is 37.6.